The first kappa shape index (κ1) is 12.7. The van der Waals surface area contributed by atoms with E-state index in [1.54, 1.807) is 18.3 Å². The lowest BCUT2D eigenvalue weighted by Crippen LogP contribution is -2.19. The topological polar surface area (TPSA) is 77.1 Å². The molecular weight excluding hydrogens is 258 g/mol. The smallest absolute Gasteiger partial charge is 0.277 e. The van der Waals surface area contributed by atoms with E-state index in [-0.39, 0.29) is 17.2 Å². The third-order valence-electron chi connectivity index (χ3n) is 3.32. The van der Waals surface area contributed by atoms with E-state index in [1.807, 2.05) is 6.92 Å². The van der Waals surface area contributed by atoms with E-state index >= 15 is 0 Å². The van der Waals surface area contributed by atoms with Gasteiger partial charge in [0.2, 0.25) is 0 Å². The average molecular weight is 273 g/mol. The highest BCUT2D eigenvalue weighted by atomic mass is 16.5. The molecule has 0 bridgehead atoms. The minimum Gasteiger partial charge on any atom is -0.360 e. The largest absolute Gasteiger partial charge is 0.360 e. The lowest BCUT2D eigenvalue weighted by Gasteiger charge is -2.06. The molecule has 104 valence electrons. The number of nitrogens with one attached hydrogen (secondary N) is 1. The summed E-state index contributed by atoms with van der Waals surface area (Å²) in [6.45, 7) is 2.42. The molecule has 1 aliphatic carbocycles. The molecule has 2 heterocycles. The Bertz CT molecular complexity index is 698. The third-order valence-corrected chi connectivity index (χ3v) is 3.32. The van der Waals surface area contributed by atoms with Crippen LogP contribution < -0.4 is 10.9 Å². The van der Waals surface area contributed by atoms with Gasteiger partial charge in [0.25, 0.3) is 11.5 Å². The Hall–Kier alpha value is -2.37. The van der Waals surface area contributed by atoms with Crippen LogP contribution in [-0.2, 0) is 6.54 Å². The van der Waals surface area contributed by atoms with Crippen molar-refractivity contribution < 1.29 is 9.32 Å². The Labute approximate surface area is 115 Å². The average Bonchev–Trinajstić information content (AvgIpc) is 3.18. The van der Waals surface area contributed by atoms with Gasteiger partial charge in [-0.1, -0.05) is 5.16 Å². The maximum Gasteiger partial charge on any atom is 0.277 e. The molecule has 1 fully saturated rings. The van der Waals surface area contributed by atoms with E-state index < -0.39 is 0 Å². The number of carbonyl (C=O) groups is 1. The van der Waals surface area contributed by atoms with Crippen molar-refractivity contribution >= 4 is 11.6 Å². The maximum absolute atomic E-state index is 12.0. The molecule has 0 radical (unpaired) electrons. The van der Waals surface area contributed by atoms with Gasteiger partial charge in [-0.2, -0.15) is 0 Å². The number of carbonyl (C=O) groups excluding carboxylic acids is 1. The van der Waals surface area contributed by atoms with Gasteiger partial charge in [-0.15, -0.1) is 0 Å². The molecule has 1 saturated carbocycles. The molecule has 0 aliphatic heterocycles. The Morgan fingerprint density at radius 3 is 3.00 bits per heavy atom. The maximum atomic E-state index is 12.0. The Balaban J connectivity index is 1.75. The summed E-state index contributed by atoms with van der Waals surface area (Å²) in [6, 6.07) is 4.69. The first-order valence-corrected chi connectivity index (χ1v) is 6.66. The van der Waals surface area contributed by atoms with Crippen molar-refractivity contribution in [1.29, 1.82) is 0 Å². The van der Waals surface area contributed by atoms with Crippen molar-refractivity contribution in [3.63, 3.8) is 0 Å². The van der Waals surface area contributed by atoms with Crippen LogP contribution in [0.4, 0.5) is 5.69 Å². The zero-order chi connectivity index (χ0) is 14.1. The van der Waals surface area contributed by atoms with Crippen LogP contribution >= 0.6 is 0 Å². The standard InChI is InChI=1S/C14H15N3O3/c1-2-17-8-10(5-6-13(17)18)15-14(19)11-7-12(20-16-11)9-3-4-9/h5-9H,2-4H2,1H3,(H,15,19). The van der Waals surface area contributed by atoms with Gasteiger partial charge in [-0.05, 0) is 25.8 Å². The number of nitrogens with zero attached hydrogens (tertiary/aromatic N) is 2. The highest BCUT2D eigenvalue weighted by Gasteiger charge is 2.28. The van der Waals surface area contributed by atoms with Gasteiger partial charge in [0.1, 0.15) is 5.76 Å². The van der Waals surface area contributed by atoms with Crippen LogP contribution in [0.5, 0.6) is 0 Å². The summed E-state index contributed by atoms with van der Waals surface area (Å²) < 4.78 is 6.67. The lowest BCUT2D eigenvalue weighted by atomic mass is 10.2. The fourth-order valence-electron chi connectivity index (χ4n) is 2.00. The molecule has 0 atom stereocenters. The number of rotatable bonds is 4. The van der Waals surface area contributed by atoms with Crippen molar-refractivity contribution in [2.24, 2.45) is 0 Å². The Morgan fingerprint density at radius 2 is 2.30 bits per heavy atom. The van der Waals surface area contributed by atoms with Gasteiger partial charge in [-0.3, -0.25) is 9.59 Å². The zero-order valence-corrected chi connectivity index (χ0v) is 11.1. The molecule has 6 heteroatoms. The van der Waals surface area contributed by atoms with Gasteiger partial charge in [0.15, 0.2) is 5.69 Å². The Morgan fingerprint density at radius 1 is 1.50 bits per heavy atom. The van der Waals surface area contributed by atoms with E-state index in [2.05, 4.69) is 10.5 Å². The molecule has 1 amide bonds. The van der Waals surface area contributed by atoms with E-state index in [9.17, 15) is 9.59 Å². The molecule has 1 aliphatic rings. The predicted molar refractivity (Wildman–Crippen MR) is 72.8 cm³/mol. The Kier molecular flexibility index (Phi) is 3.14. The summed E-state index contributed by atoms with van der Waals surface area (Å²) >= 11 is 0. The first-order chi connectivity index (χ1) is 9.67. The monoisotopic (exact) mass is 273 g/mol. The number of hydrogen-bond donors (Lipinski definition) is 1. The minimum atomic E-state index is -0.332. The van der Waals surface area contributed by atoms with Crippen molar-refractivity contribution in [3.8, 4) is 0 Å². The van der Waals surface area contributed by atoms with Gasteiger partial charge in [0, 0.05) is 30.8 Å². The second kappa shape index (κ2) is 4.96. The summed E-state index contributed by atoms with van der Waals surface area (Å²) in [5, 5.41) is 6.49. The van der Waals surface area contributed by atoms with Crippen LogP contribution in [0, 0.1) is 0 Å². The van der Waals surface area contributed by atoms with Crippen LogP contribution in [0.15, 0.2) is 33.7 Å². The van der Waals surface area contributed by atoms with Crippen molar-refractivity contribution in [3.05, 3.63) is 46.2 Å². The zero-order valence-electron chi connectivity index (χ0n) is 11.1. The van der Waals surface area contributed by atoms with Crippen LogP contribution in [0.3, 0.4) is 0 Å². The highest BCUT2D eigenvalue weighted by molar-refractivity contribution is 6.02. The predicted octanol–water partition coefficient (Wildman–Crippen LogP) is 1.99. The molecular formula is C14H15N3O3. The SMILES string of the molecule is CCn1cc(NC(=O)c2cc(C3CC3)on2)ccc1=O. The summed E-state index contributed by atoms with van der Waals surface area (Å²) in [5.74, 6) is 0.863. The number of aromatic nitrogens is 2. The van der Waals surface area contributed by atoms with Crippen LogP contribution in [0.25, 0.3) is 0 Å². The fourth-order valence-corrected chi connectivity index (χ4v) is 2.00. The summed E-state index contributed by atoms with van der Waals surface area (Å²) in [4.78, 5) is 23.5. The molecule has 2 aromatic rings. The lowest BCUT2D eigenvalue weighted by molar-refractivity contribution is 0.101. The van der Waals surface area contributed by atoms with Crippen molar-refractivity contribution in [2.75, 3.05) is 5.32 Å². The number of pyridine rings is 1. The molecule has 6 nitrogen and oxygen atoms in total. The van der Waals surface area contributed by atoms with E-state index in [4.69, 9.17) is 4.52 Å². The normalized spacial score (nSPS) is 14.2. The van der Waals surface area contributed by atoms with Crippen molar-refractivity contribution in [2.45, 2.75) is 32.2 Å². The molecule has 2 aromatic heterocycles. The molecule has 20 heavy (non-hydrogen) atoms. The van der Waals surface area contributed by atoms with Gasteiger partial charge >= 0.3 is 0 Å². The minimum absolute atomic E-state index is 0.0945. The summed E-state index contributed by atoms with van der Waals surface area (Å²) in [5.41, 5.74) is 0.733. The molecule has 0 unspecified atom stereocenters. The fraction of sp³-hybridized carbons (Fsp3) is 0.357. The summed E-state index contributed by atoms with van der Waals surface area (Å²) in [7, 11) is 0. The van der Waals surface area contributed by atoms with E-state index in [0.717, 1.165) is 18.6 Å². The summed E-state index contributed by atoms with van der Waals surface area (Å²) in [6.07, 6.45) is 3.80. The van der Waals surface area contributed by atoms with Gasteiger partial charge in [0.05, 0.1) is 5.69 Å². The van der Waals surface area contributed by atoms with Crippen molar-refractivity contribution in [1.82, 2.24) is 9.72 Å². The van der Waals surface area contributed by atoms with Crippen LogP contribution in [0.1, 0.15) is 41.9 Å². The molecule has 1 N–H and O–H groups in total. The van der Waals surface area contributed by atoms with Gasteiger partial charge < -0.3 is 14.4 Å². The highest BCUT2D eigenvalue weighted by Crippen LogP contribution is 2.40. The van der Waals surface area contributed by atoms with Gasteiger partial charge in [-0.25, -0.2) is 0 Å². The van der Waals surface area contributed by atoms with Crippen LogP contribution in [0.2, 0.25) is 0 Å². The number of aryl methyl sites for hydroxylation is 1. The van der Waals surface area contributed by atoms with E-state index in [0.29, 0.717) is 18.2 Å². The number of amides is 1. The number of hydrogen-bond acceptors (Lipinski definition) is 4. The third kappa shape index (κ3) is 2.49. The molecule has 0 saturated heterocycles. The second-order valence-corrected chi connectivity index (χ2v) is 4.88. The quantitative estimate of drug-likeness (QED) is 0.924. The second-order valence-electron chi connectivity index (χ2n) is 4.88. The molecule has 0 aromatic carbocycles. The molecule has 0 spiro atoms. The molecule has 3 rings (SSSR count). The number of anilines is 1. The van der Waals surface area contributed by atoms with E-state index in [1.165, 1.54) is 10.6 Å². The first-order valence-electron chi connectivity index (χ1n) is 6.66. The van der Waals surface area contributed by atoms with Crippen LogP contribution in [-0.4, -0.2) is 15.6 Å².